The van der Waals surface area contributed by atoms with Crippen molar-refractivity contribution in [1.29, 1.82) is 0 Å². The quantitative estimate of drug-likeness (QED) is 0.354. The number of fused-ring (bicyclic) bond motifs is 1. The van der Waals surface area contributed by atoms with E-state index < -0.39 is 0 Å². The maximum Gasteiger partial charge on any atom is 0.257 e. The monoisotopic (exact) mass is 445 g/mol. The molecule has 7 heteroatoms. The molecule has 0 unspecified atom stereocenters. The minimum absolute atomic E-state index is 0.0125. The van der Waals surface area contributed by atoms with E-state index in [0.717, 1.165) is 29.5 Å². The number of phenols is 1. The van der Waals surface area contributed by atoms with Crippen LogP contribution in [0.15, 0.2) is 65.1 Å². The zero-order valence-electron chi connectivity index (χ0n) is 17.8. The molecule has 0 aliphatic rings. The lowest BCUT2D eigenvalue weighted by Gasteiger charge is -2.11. The number of nitrogens with zero attached hydrogens (tertiary/aromatic N) is 1. The van der Waals surface area contributed by atoms with Crippen molar-refractivity contribution in [1.82, 2.24) is 10.3 Å². The number of carbonyl (C=O) groups is 1. The van der Waals surface area contributed by atoms with Crippen LogP contribution in [0.5, 0.6) is 5.75 Å². The summed E-state index contributed by atoms with van der Waals surface area (Å²) in [5.41, 5.74) is 5.25. The van der Waals surface area contributed by atoms with Gasteiger partial charge in [0.15, 0.2) is 10.7 Å². The number of aryl methyl sites for hydroxylation is 2. The van der Waals surface area contributed by atoms with Crippen molar-refractivity contribution in [3.8, 4) is 17.2 Å². The molecule has 4 rings (SSSR count). The summed E-state index contributed by atoms with van der Waals surface area (Å²) >= 11 is 5.24. The molecule has 3 aromatic carbocycles. The third kappa shape index (κ3) is 4.63. The van der Waals surface area contributed by atoms with Gasteiger partial charge < -0.3 is 14.8 Å². The maximum atomic E-state index is 12.4. The lowest BCUT2D eigenvalue weighted by molar-refractivity contribution is 0.0977. The molecular formula is C25H23N3O3S. The minimum atomic E-state index is -0.302. The standard InChI is InChI=1S/C25H23N3O3S/c1-3-15-5-8-17(9-6-15)23(30)28-25(32)26-18-10-11-19(21(29)14-18)24-27-20-13-16(4-2)7-12-22(20)31-24/h5-14,29H,3-4H2,1-2H3,(H2,26,28,30,32). The SMILES string of the molecule is CCc1ccc(C(=O)NC(=S)Nc2ccc(-c3nc4cc(CC)ccc4o3)c(O)c2)cc1. The first-order chi connectivity index (χ1) is 15.5. The molecule has 1 aromatic heterocycles. The van der Waals surface area contributed by atoms with E-state index >= 15 is 0 Å². The molecule has 0 saturated carbocycles. The van der Waals surface area contributed by atoms with Crippen molar-refractivity contribution >= 4 is 40.0 Å². The highest BCUT2D eigenvalue weighted by atomic mass is 32.1. The summed E-state index contributed by atoms with van der Waals surface area (Å²) in [5.74, 6) is 0.0224. The number of phenolic OH excluding ortho intramolecular Hbond substituents is 1. The molecule has 0 radical (unpaired) electrons. The third-order valence-electron chi connectivity index (χ3n) is 5.20. The molecule has 6 nitrogen and oxygen atoms in total. The average Bonchev–Trinajstić information content (AvgIpc) is 3.22. The van der Waals surface area contributed by atoms with Crippen molar-refractivity contribution in [2.45, 2.75) is 26.7 Å². The van der Waals surface area contributed by atoms with Crippen molar-refractivity contribution in [2.24, 2.45) is 0 Å². The van der Waals surface area contributed by atoms with Crippen LogP contribution in [0.4, 0.5) is 5.69 Å². The molecule has 0 aliphatic carbocycles. The summed E-state index contributed by atoms with van der Waals surface area (Å²) in [7, 11) is 0. The fraction of sp³-hybridized carbons (Fsp3) is 0.160. The van der Waals surface area contributed by atoms with Gasteiger partial charge in [-0.25, -0.2) is 4.98 Å². The number of amides is 1. The Morgan fingerprint density at radius 3 is 2.41 bits per heavy atom. The number of aromatic nitrogens is 1. The third-order valence-corrected chi connectivity index (χ3v) is 5.40. The first-order valence-corrected chi connectivity index (χ1v) is 10.8. The molecule has 0 bridgehead atoms. The topological polar surface area (TPSA) is 87.4 Å². The summed E-state index contributed by atoms with van der Waals surface area (Å²) < 4.78 is 5.80. The molecule has 1 amide bonds. The zero-order valence-corrected chi connectivity index (χ0v) is 18.6. The van der Waals surface area contributed by atoms with E-state index in [9.17, 15) is 9.90 Å². The molecule has 162 valence electrons. The van der Waals surface area contributed by atoms with Crippen LogP contribution in [0.25, 0.3) is 22.6 Å². The van der Waals surface area contributed by atoms with E-state index in [4.69, 9.17) is 16.6 Å². The second-order valence-electron chi connectivity index (χ2n) is 7.37. The Morgan fingerprint density at radius 1 is 1.00 bits per heavy atom. The average molecular weight is 446 g/mol. The Morgan fingerprint density at radius 2 is 1.72 bits per heavy atom. The van der Waals surface area contributed by atoms with Gasteiger partial charge in [0.2, 0.25) is 5.89 Å². The first-order valence-electron chi connectivity index (χ1n) is 10.4. The van der Waals surface area contributed by atoms with Gasteiger partial charge in [-0.1, -0.05) is 32.0 Å². The number of oxazole rings is 1. The summed E-state index contributed by atoms with van der Waals surface area (Å²) in [6.45, 7) is 4.13. The highest BCUT2D eigenvalue weighted by Gasteiger charge is 2.14. The van der Waals surface area contributed by atoms with Gasteiger partial charge in [0.05, 0.1) is 5.56 Å². The smallest absolute Gasteiger partial charge is 0.257 e. The molecule has 1 heterocycles. The van der Waals surface area contributed by atoms with E-state index in [1.165, 1.54) is 6.07 Å². The van der Waals surface area contributed by atoms with E-state index in [0.29, 0.717) is 28.3 Å². The molecule has 0 spiro atoms. The summed E-state index contributed by atoms with van der Waals surface area (Å²) in [6, 6.07) is 18.2. The van der Waals surface area contributed by atoms with Crippen LogP contribution in [0.1, 0.15) is 35.3 Å². The van der Waals surface area contributed by atoms with E-state index in [2.05, 4.69) is 29.5 Å². The highest BCUT2D eigenvalue weighted by molar-refractivity contribution is 7.80. The highest BCUT2D eigenvalue weighted by Crippen LogP contribution is 2.33. The number of aromatic hydroxyl groups is 1. The predicted octanol–water partition coefficient (Wildman–Crippen LogP) is 5.45. The number of hydrogen-bond acceptors (Lipinski definition) is 5. The van der Waals surface area contributed by atoms with Gasteiger partial charge in [0, 0.05) is 17.3 Å². The van der Waals surface area contributed by atoms with Crippen molar-refractivity contribution in [3.63, 3.8) is 0 Å². The Hall–Kier alpha value is -3.71. The summed E-state index contributed by atoms with van der Waals surface area (Å²) in [4.78, 5) is 16.9. The summed E-state index contributed by atoms with van der Waals surface area (Å²) in [6.07, 6.45) is 1.81. The molecule has 0 atom stereocenters. The van der Waals surface area contributed by atoms with Gasteiger partial charge in [-0.05, 0) is 72.6 Å². The fourth-order valence-corrected chi connectivity index (χ4v) is 3.54. The van der Waals surface area contributed by atoms with Crippen LogP contribution in [0.2, 0.25) is 0 Å². The lowest BCUT2D eigenvalue weighted by Crippen LogP contribution is -2.34. The van der Waals surface area contributed by atoms with Crippen LogP contribution in [-0.4, -0.2) is 21.1 Å². The molecule has 0 fully saturated rings. The van der Waals surface area contributed by atoms with Crippen LogP contribution in [-0.2, 0) is 12.8 Å². The largest absolute Gasteiger partial charge is 0.507 e. The maximum absolute atomic E-state index is 12.4. The predicted molar refractivity (Wildman–Crippen MR) is 130 cm³/mol. The summed E-state index contributed by atoms with van der Waals surface area (Å²) in [5, 5.41) is 16.2. The van der Waals surface area contributed by atoms with Gasteiger partial charge in [-0.2, -0.15) is 0 Å². The second-order valence-corrected chi connectivity index (χ2v) is 7.77. The molecular weight excluding hydrogens is 422 g/mol. The minimum Gasteiger partial charge on any atom is -0.507 e. The number of benzene rings is 3. The van der Waals surface area contributed by atoms with Crippen LogP contribution in [0.3, 0.4) is 0 Å². The zero-order chi connectivity index (χ0) is 22.7. The number of carbonyl (C=O) groups excluding carboxylic acids is 1. The number of hydrogen-bond donors (Lipinski definition) is 3. The number of thiocarbonyl (C=S) groups is 1. The molecule has 3 N–H and O–H groups in total. The second kappa shape index (κ2) is 9.20. The number of nitrogens with one attached hydrogen (secondary N) is 2. The van der Waals surface area contributed by atoms with E-state index in [-0.39, 0.29) is 16.8 Å². The van der Waals surface area contributed by atoms with Crippen LogP contribution < -0.4 is 10.6 Å². The Bertz CT molecular complexity index is 1300. The van der Waals surface area contributed by atoms with Gasteiger partial charge in [-0.15, -0.1) is 0 Å². The fourth-order valence-electron chi connectivity index (χ4n) is 3.33. The normalized spacial score (nSPS) is 10.8. The molecule has 4 aromatic rings. The van der Waals surface area contributed by atoms with Crippen LogP contribution in [0, 0.1) is 0 Å². The Kier molecular flexibility index (Phi) is 6.18. The van der Waals surface area contributed by atoms with E-state index in [1.807, 2.05) is 30.3 Å². The Labute approximate surface area is 191 Å². The molecule has 0 saturated heterocycles. The van der Waals surface area contributed by atoms with E-state index in [1.54, 1.807) is 24.3 Å². The first kappa shape index (κ1) is 21.5. The van der Waals surface area contributed by atoms with Gasteiger partial charge in [0.25, 0.3) is 5.91 Å². The Balaban J connectivity index is 1.45. The van der Waals surface area contributed by atoms with Gasteiger partial charge in [0.1, 0.15) is 11.3 Å². The lowest BCUT2D eigenvalue weighted by atomic mass is 10.1. The molecule has 32 heavy (non-hydrogen) atoms. The van der Waals surface area contributed by atoms with Gasteiger partial charge >= 0.3 is 0 Å². The van der Waals surface area contributed by atoms with Crippen molar-refractivity contribution < 1.29 is 14.3 Å². The van der Waals surface area contributed by atoms with Crippen molar-refractivity contribution in [2.75, 3.05) is 5.32 Å². The number of rotatable bonds is 5. The molecule has 0 aliphatic heterocycles. The van der Waals surface area contributed by atoms with Crippen LogP contribution >= 0.6 is 12.2 Å². The van der Waals surface area contributed by atoms with Crippen molar-refractivity contribution in [3.05, 3.63) is 77.4 Å². The number of anilines is 1. The van der Waals surface area contributed by atoms with Gasteiger partial charge in [-0.3, -0.25) is 10.1 Å².